The molecule has 1 saturated heterocycles. The fourth-order valence-electron chi connectivity index (χ4n) is 4.29. The lowest BCUT2D eigenvalue weighted by Gasteiger charge is -2.36. The normalized spacial score (nSPS) is 26.6. The fourth-order valence-corrected chi connectivity index (χ4v) is 5.86. The highest BCUT2D eigenvalue weighted by molar-refractivity contribution is 7.89. The molecule has 0 unspecified atom stereocenters. The molecule has 1 N–H and O–H groups in total. The first-order valence-corrected chi connectivity index (χ1v) is 11.8. The zero-order valence-corrected chi connectivity index (χ0v) is 18.0. The predicted octanol–water partition coefficient (Wildman–Crippen LogP) is 1.81. The average molecular weight is 419 g/mol. The summed E-state index contributed by atoms with van der Waals surface area (Å²) < 4.78 is 27.2. The molecule has 0 spiro atoms. The zero-order chi connectivity index (χ0) is 21.0. The molecule has 29 heavy (non-hydrogen) atoms. The number of hydrogen-bond donors (Lipinski definition) is 1. The highest BCUT2D eigenvalue weighted by Crippen LogP contribution is 2.29. The van der Waals surface area contributed by atoms with Gasteiger partial charge in [-0.05, 0) is 30.4 Å². The van der Waals surface area contributed by atoms with Crippen LogP contribution in [0.5, 0.6) is 0 Å². The Morgan fingerprint density at radius 2 is 1.86 bits per heavy atom. The van der Waals surface area contributed by atoms with Crippen molar-refractivity contribution in [3.05, 3.63) is 29.8 Å². The van der Waals surface area contributed by atoms with E-state index in [0.717, 1.165) is 12.8 Å². The van der Waals surface area contributed by atoms with Crippen LogP contribution in [0.3, 0.4) is 0 Å². The van der Waals surface area contributed by atoms with E-state index in [-0.39, 0.29) is 22.4 Å². The van der Waals surface area contributed by atoms with Crippen LogP contribution in [0, 0.1) is 23.2 Å². The summed E-state index contributed by atoms with van der Waals surface area (Å²) in [6, 6.07) is 8.45. The first-order chi connectivity index (χ1) is 13.8. The number of rotatable bonds is 5. The Hall–Kier alpha value is -1.95. The molecule has 1 saturated carbocycles. The minimum atomic E-state index is -3.71. The first-order valence-electron chi connectivity index (χ1n) is 10.3. The van der Waals surface area contributed by atoms with Crippen molar-refractivity contribution in [2.45, 2.75) is 44.0 Å². The fraction of sp³-hybridized carbons (Fsp3) is 0.619. The van der Waals surface area contributed by atoms with Crippen LogP contribution >= 0.6 is 0 Å². The van der Waals surface area contributed by atoms with Gasteiger partial charge in [0.2, 0.25) is 15.9 Å². The molecule has 2 aliphatic rings. The molecule has 1 aliphatic heterocycles. The maximum Gasteiger partial charge on any atom is 0.244 e. The number of hydrogen-bond acceptors (Lipinski definition) is 5. The summed E-state index contributed by atoms with van der Waals surface area (Å²) in [6.07, 6.45) is 3.40. The summed E-state index contributed by atoms with van der Waals surface area (Å²) >= 11 is 0. The SMILES string of the molecule is C[C@@H]1[C@H](C)CCC[C@H]1NC(=O)CN1CCN(S(=O)(=O)c2ccccc2C#N)CC1. The van der Waals surface area contributed by atoms with Gasteiger partial charge in [-0.1, -0.05) is 38.8 Å². The first kappa shape index (κ1) is 21.8. The number of nitriles is 1. The molecule has 1 aliphatic carbocycles. The highest BCUT2D eigenvalue weighted by Gasteiger charge is 2.32. The molecule has 2 fully saturated rings. The second kappa shape index (κ2) is 9.24. The Kier molecular flexibility index (Phi) is 6.93. The molecule has 158 valence electrons. The van der Waals surface area contributed by atoms with E-state index in [9.17, 15) is 18.5 Å². The van der Waals surface area contributed by atoms with Crippen molar-refractivity contribution in [3.63, 3.8) is 0 Å². The number of nitrogens with one attached hydrogen (secondary N) is 1. The van der Waals surface area contributed by atoms with Gasteiger partial charge in [-0.15, -0.1) is 0 Å². The number of amides is 1. The van der Waals surface area contributed by atoms with Crippen LogP contribution in [0.4, 0.5) is 0 Å². The molecular weight excluding hydrogens is 388 g/mol. The molecule has 8 heteroatoms. The van der Waals surface area contributed by atoms with E-state index in [0.29, 0.717) is 44.6 Å². The van der Waals surface area contributed by atoms with E-state index >= 15 is 0 Å². The second-order valence-corrected chi connectivity index (χ2v) is 10.1. The van der Waals surface area contributed by atoms with E-state index in [1.54, 1.807) is 12.1 Å². The molecule has 1 amide bonds. The van der Waals surface area contributed by atoms with Crippen molar-refractivity contribution < 1.29 is 13.2 Å². The molecule has 1 heterocycles. The topological polar surface area (TPSA) is 93.5 Å². The Balaban J connectivity index is 1.54. The Morgan fingerprint density at radius 3 is 2.55 bits per heavy atom. The van der Waals surface area contributed by atoms with Crippen LogP contribution in [-0.4, -0.2) is 62.3 Å². The second-order valence-electron chi connectivity index (χ2n) is 8.23. The van der Waals surface area contributed by atoms with Crippen LogP contribution < -0.4 is 5.32 Å². The van der Waals surface area contributed by atoms with Crippen molar-refractivity contribution in [3.8, 4) is 6.07 Å². The monoisotopic (exact) mass is 418 g/mol. The molecule has 3 atom stereocenters. The lowest BCUT2D eigenvalue weighted by Crippen LogP contribution is -2.53. The highest BCUT2D eigenvalue weighted by atomic mass is 32.2. The van der Waals surface area contributed by atoms with Gasteiger partial charge in [0.05, 0.1) is 17.0 Å². The Bertz CT molecular complexity index is 872. The van der Waals surface area contributed by atoms with Crippen LogP contribution in [0.15, 0.2) is 29.2 Å². The largest absolute Gasteiger partial charge is 0.352 e. The average Bonchev–Trinajstić information content (AvgIpc) is 2.71. The molecule has 3 rings (SSSR count). The van der Waals surface area contributed by atoms with Crippen molar-refractivity contribution in [1.29, 1.82) is 5.26 Å². The molecule has 1 aromatic rings. The summed E-state index contributed by atoms with van der Waals surface area (Å²) in [5.74, 6) is 1.12. The summed E-state index contributed by atoms with van der Waals surface area (Å²) in [5.41, 5.74) is 0.158. The van der Waals surface area contributed by atoms with Gasteiger partial charge < -0.3 is 5.32 Å². The van der Waals surface area contributed by atoms with Gasteiger partial charge in [-0.25, -0.2) is 8.42 Å². The van der Waals surface area contributed by atoms with Gasteiger partial charge >= 0.3 is 0 Å². The third kappa shape index (κ3) is 4.97. The summed E-state index contributed by atoms with van der Waals surface area (Å²) in [5, 5.41) is 12.4. The van der Waals surface area contributed by atoms with E-state index < -0.39 is 10.0 Å². The van der Waals surface area contributed by atoms with Gasteiger partial charge in [0.1, 0.15) is 6.07 Å². The number of nitrogens with zero attached hydrogens (tertiary/aromatic N) is 3. The molecule has 0 bridgehead atoms. The van der Waals surface area contributed by atoms with Crippen LogP contribution in [0.2, 0.25) is 0 Å². The maximum atomic E-state index is 12.9. The quantitative estimate of drug-likeness (QED) is 0.787. The van der Waals surface area contributed by atoms with Gasteiger partial charge in [0, 0.05) is 32.2 Å². The standard InChI is InChI=1S/C21H30N4O3S/c1-16-6-5-8-19(17(16)2)23-21(26)15-24-10-12-25(13-11-24)29(27,28)20-9-4-3-7-18(20)14-22/h3-4,7,9,16-17,19H,5-6,8,10-13,15H2,1-2H3,(H,23,26)/t16-,17-,19-/m1/s1. The number of piperazine rings is 1. The Morgan fingerprint density at radius 1 is 1.17 bits per heavy atom. The van der Waals surface area contributed by atoms with Crippen LogP contribution in [0.1, 0.15) is 38.7 Å². The molecule has 0 aromatic heterocycles. The zero-order valence-electron chi connectivity index (χ0n) is 17.2. The molecule has 1 aromatic carbocycles. The predicted molar refractivity (Wildman–Crippen MR) is 110 cm³/mol. The van der Waals surface area contributed by atoms with E-state index in [1.165, 1.54) is 22.9 Å². The smallest absolute Gasteiger partial charge is 0.244 e. The lowest BCUT2D eigenvalue weighted by molar-refractivity contribution is -0.124. The van der Waals surface area contributed by atoms with Gasteiger partial charge in [-0.3, -0.25) is 9.69 Å². The minimum Gasteiger partial charge on any atom is -0.352 e. The number of carbonyl (C=O) groups excluding carboxylic acids is 1. The Labute approximate surface area is 173 Å². The van der Waals surface area contributed by atoms with Crippen molar-refractivity contribution in [2.75, 3.05) is 32.7 Å². The number of benzene rings is 1. The van der Waals surface area contributed by atoms with Crippen LogP contribution in [0.25, 0.3) is 0 Å². The molecule has 7 nitrogen and oxygen atoms in total. The maximum absolute atomic E-state index is 12.9. The van der Waals surface area contributed by atoms with Gasteiger partial charge in [0.25, 0.3) is 0 Å². The van der Waals surface area contributed by atoms with E-state index in [2.05, 4.69) is 19.2 Å². The minimum absolute atomic E-state index is 0.0158. The van der Waals surface area contributed by atoms with E-state index in [1.807, 2.05) is 11.0 Å². The summed E-state index contributed by atoms with van der Waals surface area (Å²) in [6.45, 7) is 6.36. The van der Waals surface area contributed by atoms with Crippen molar-refractivity contribution in [2.24, 2.45) is 11.8 Å². The van der Waals surface area contributed by atoms with Gasteiger partial charge in [0.15, 0.2) is 0 Å². The summed E-state index contributed by atoms with van der Waals surface area (Å²) in [4.78, 5) is 14.5. The van der Waals surface area contributed by atoms with Crippen LogP contribution in [-0.2, 0) is 14.8 Å². The number of sulfonamides is 1. The third-order valence-electron chi connectivity index (χ3n) is 6.38. The molecular formula is C21H30N4O3S. The van der Waals surface area contributed by atoms with Crippen molar-refractivity contribution in [1.82, 2.24) is 14.5 Å². The number of carbonyl (C=O) groups is 1. The van der Waals surface area contributed by atoms with Gasteiger partial charge in [-0.2, -0.15) is 9.57 Å². The van der Waals surface area contributed by atoms with E-state index in [4.69, 9.17) is 0 Å². The third-order valence-corrected chi connectivity index (χ3v) is 8.33. The molecule has 0 radical (unpaired) electrons. The lowest BCUT2D eigenvalue weighted by atomic mass is 9.78. The summed E-state index contributed by atoms with van der Waals surface area (Å²) in [7, 11) is -3.71. The van der Waals surface area contributed by atoms with Crippen molar-refractivity contribution >= 4 is 15.9 Å².